The van der Waals surface area contributed by atoms with Crippen molar-refractivity contribution in [2.24, 2.45) is 5.73 Å². The fraction of sp³-hybridized carbons (Fsp3) is 0.267. The van der Waals surface area contributed by atoms with E-state index in [0.29, 0.717) is 17.4 Å². The molecule has 0 aliphatic heterocycles. The second-order valence-corrected chi connectivity index (χ2v) is 5.18. The first kappa shape index (κ1) is 14.3. The van der Waals surface area contributed by atoms with E-state index in [1.54, 1.807) is 21.5 Å². The summed E-state index contributed by atoms with van der Waals surface area (Å²) in [5, 5.41) is 3.93. The smallest absolute Gasteiger partial charge is 0.332 e. The molecule has 0 unspecified atom stereocenters. The maximum Gasteiger partial charge on any atom is 0.332 e. The minimum absolute atomic E-state index is 0.0925. The Morgan fingerprint density at radius 1 is 1.27 bits per heavy atom. The number of nitrogens with two attached hydrogens (primary N) is 1. The second-order valence-electron chi connectivity index (χ2n) is 5.18. The topological polar surface area (TPSA) is 91.9 Å². The molecule has 0 aliphatic carbocycles. The molecular formula is C15H17N5O2. The third-order valence-corrected chi connectivity index (χ3v) is 3.41. The van der Waals surface area contributed by atoms with E-state index >= 15 is 0 Å². The van der Waals surface area contributed by atoms with Crippen LogP contribution >= 0.6 is 0 Å². The van der Waals surface area contributed by atoms with Crippen LogP contribution in [0.5, 0.6) is 0 Å². The average Bonchev–Trinajstić information content (AvgIpc) is 3.13. The Morgan fingerprint density at radius 3 is 2.68 bits per heavy atom. The van der Waals surface area contributed by atoms with Gasteiger partial charge in [0.25, 0.3) is 0 Å². The molecule has 2 heterocycles. The lowest BCUT2D eigenvalue weighted by molar-refractivity contribution is 0.380. The molecule has 114 valence electrons. The van der Waals surface area contributed by atoms with Crippen LogP contribution in [0.4, 0.5) is 0 Å². The van der Waals surface area contributed by atoms with Gasteiger partial charge in [0.05, 0.1) is 12.2 Å². The van der Waals surface area contributed by atoms with E-state index in [1.807, 2.05) is 38.1 Å². The molecule has 1 aromatic carbocycles. The molecule has 2 aromatic heterocycles. The zero-order chi connectivity index (χ0) is 15.7. The van der Waals surface area contributed by atoms with Gasteiger partial charge < -0.3 is 10.3 Å². The van der Waals surface area contributed by atoms with Crippen LogP contribution in [0.25, 0.3) is 17.1 Å². The van der Waals surface area contributed by atoms with Crippen molar-refractivity contribution in [2.45, 2.75) is 26.4 Å². The van der Waals surface area contributed by atoms with Crippen molar-refractivity contribution < 1.29 is 4.52 Å². The lowest BCUT2D eigenvalue weighted by atomic mass is 10.1. The highest BCUT2D eigenvalue weighted by Crippen LogP contribution is 2.23. The van der Waals surface area contributed by atoms with Gasteiger partial charge in [0, 0.05) is 24.0 Å². The molecule has 0 fully saturated rings. The molecule has 0 radical (unpaired) electrons. The number of hydrogen-bond donors (Lipinski definition) is 1. The molecule has 2 N–H and O–H groups in total. The molecule has 0 amide bonds. The molecule has 3 rings (SSSR count). The Kier molecular flexibility index (Phi) is 3.64. The maximum absolute atomic E-state index is 12.5. The average molecular weight is 299 g/mol. The van der Waals surface area contributed by atoms with Crippen LogP contribution in [0.15, 0.2) is 46.0 Å². The van der Waals surface area contributed by atoms with Crippen molar-refractivity contribution in [3.8, 4) is 17.1 Å². The third-order valence-electron chi connectivity index (χ3n) is 3.41. The van der Waals surface area contributed by atoms with Crippen LogP contribution in [0.3, 0.4) is 0 Å². The van der Waals surface area contributed by atoms with Crippen LogP contribution in [-0.2, 0) is 6.54 Å². The SMILES string of the molecule is CC(C)n1ccn(-c2ccccc2-c2noc(CN)n2)c1=O. The summed E-state index contributed by atoms with van der Waals surface area (Å²) in [6.45, 7) is 4.10. The number of imidazole rings is 1. The van der Waals surface area contributed by atoms with Gasteiger partial charge in [-0.05, 0) is 26.0 Å². The summed E-state index contributed by atoms with van der Waals surface area (Å²) in [5.74, 6) is 0.775. The lowest BCUT2D eigenvalue weighted by Crippen LogP contribution is -2.24. The van der Waals surface area contributed by atoms with Gasteiger partial charge in [-0.2, -0.15) is 4.98 Å². The first-order valence-electron chi connectivity index (χ1n) is 7.03. The normalized spacial score (nSPS) is 11.3. The van der Waals surface area contributed by atoms with Crippen LogP contribution in [0, 0.1) is 0 Å². The monoisotopic (exact) mass is 299 g/mol. The van der Waals surface area contributed by atoms with E-state index in [9.17, 15) is 4.79 Å². The summed E-state index contributed by atoms with van der Waals surface area (Å²) in [6, 6.07) is 7.51. The lowest BCUT2D eigenvalue weighted by Gasteiger charge is -2.07. The molecule has 7 heteroatoms. The van der Waals surface area contributed by atoms with Gasteiger partial charge in [-0.1, -0.05) is 17.3 Å². The Balaban J connectivity index is 2.15. The second kappa shape index (κ2) is 5.61. The summed E-state index contributed by atoms with van der Waals surface area (Å²) < 4.78 is 8.30. The minimum Gasteiger partial charge on any atom is -0.338 e. The first-order valence-corrected chi connectivity index (χ1v) is 7.03. The highest BCUT2D eigenvalue weighted by molar-refractivity contribution is 5.67. The van der Waals surface area contributed by atoms with Crippen molar-refractivity contribution in [3.63, 3.8) is 0 Å². The van der Waals surface area contributed by atoms with E-state index in [2.05, 4.69) is 10.1 Å². The number of nitrogens with zero attached hydrogens (tertiary/aromatic N) is 4. The van der Waals surface area contributed by atoms with E-state index < -0.39 is 0 Å². The summed E-state index contributed by atoms with van der Waals surface area (Å²) in [6.07, 6.45) is 3.51. The Morgan fingerprint density at radius 2 is 2.05 bits per heavy atom. The van der Waals surface area contributed by atoms with Crippen molar-refractivity contribution in [2.75, 3.05) is 0 Å². The molecule has 0 atom stereocenters. The van der Waals surface area contributed by atoms with Crippen LogP contribution < -0.4 is 11.4 Å². The number of benzene rings is 1. The summed E-state index contributed by atoms with van der Waals surface area (Å²) in [4.78, 5) is 16.7. The first-order chi connectivity index (χ1) is 10.6. The Labute approximate surface area is 127 Å². The van der Waals surface area contributed by atoms with E-state index in [4.69, 9.17) is 10.3 Å². The molecule has 7 nitrogen and oxygen atoms in total. The van der Waals surface area contributed by atoms with Gasteiger partial charge >= 0.3 is 5.69 Å². The number of rotatable bonds is 4. The van der Waals surface area contributed by atoms with Gasteiger partial charge in [-0.3, -0.25) is 9.13 Å². The molecule has 0 bridgehead atoms. The minimum atomic E-state index is -0.106. The highest BCUT2D eigenvalue weighted by atomic mass is 16.5. The molecule has 0 aliphatic rings. The van der Waals surface area contributed by atoms with Crippen molar-refractivity contribution in [1.82, 2.24) is 19.3 Å². The maximum atomic E-state index is 12.5. The quantitative estimate of drug-likeness (QED) is 0.792. The number of hydrogen-bond acceptors (Lipinski definition) is 5. The molecule has 3 aromatic rings. The fourth-order valence-corrected chi connectivity index (χ4v) is 2.29. The fourth-order valence-electron chi connectivity index (χ4n) is 2.29. The van der Waals surface area contributed by atoms with Crippen molar-refractivity contribution in [1.29, 1.82) is 0 Å². The predicted molar refractivity (Wildman–Crippen MR) is 81.6 cm³/mol. The van der Waals surface area contributed by atoms with E-state index in [-0.39, 0.29) is 18.3 Å². The highest BCUT2D eigenvalue weighted by Gasteiger charge is 2.15. The van der Waals surface area contributed by atoms with E-state index in [0.717, 1.165) is 5.56 Å². The van der Waals surface area contributed by atoms with Crippen molar-refractivity contribution in [3.05, 3.63) is 53.0 Å². The molecule has 0 saturated heterocycles. The predicted octanol–water partition coefficient (Wildman–Crippen LogP) is 1.73. The van der Waals surface area contributed by atoms with E-state index in [1.165, 1.54) is 0 Å². The zero-order valence-corrected chi connectivity index (χ0v) is 12.4. The number of para-hydroxylation sites is 1. The third kappa shape index (κ3) is 2.35. The van der Waals surface area contributed by atoms with Crippen molar-refractivity contribution >= 4 is 0 Å². The standard InChI is InChI=1S/C15H17N5O2/c1-10(2)19-7-8-20(15(19)21)12-6-4-3-5-11(12)14-17-13(9-16)22-18-14/h3-8,10H,9,16H2,1-2H3. The molecule has 22 heavy (non-hydrogen) atoms. The Hall–Kier alpha value is -2.67. The Bertz CT molecular complexity index is 843. The van der Waals surface area contributed by atoms with Gasteiger partial charge in [0.1, 0.15) is 0 Å². The molecule has 0 spiro atoms. The largest absolute Gasteiger partial charge is 0.338 e. The molecule has 0 saturated carbocycles. The summed E-state index contributed by atoms with van der Waals surface area (Å²) in [7, 11) is 0. The van der Waals surface area contributed by atoms with Gasteiger partial charge in [-0.25, -0.2) is 4.79 Å². The van der Waals surface area contributed by atoms with Crippen LogP contribution in [0.1, 0.15) is 25.8 Å². The van der Waals surface area contributed by atoms with Gasteiger partial charge in [-0.15, -0.1) is 0 Å². The van der Waals surface area contributed by atoms with Crippen LogP contribution in [-0.4, -0.2) is 19.3 Å². The summed E-state index contributed by atoms with van der Waals surface area (Å²) >= 11 is 0. The number of aromatic nitrogens is 4. The summed E-state index contributed by atoms with van der Waals surface area (Å²) in [5.41, 5.74) is 6.81. The zero-order valence-electron chi connectivity index (χ0n) is 12.4. The van der Waals surface area contributed by atoms with Gasteiger partial charge in [0.15, 0.2) is 0 Å². The van der Waals surface area contributed by atoms with Crippen LogP contribution in [0.2, 0.25) is 0 Å². The van der Waals surface area contributed by atoms with Gasteiger partial charge in [0.2, 0.25) is 11.7 Å². The molecular weight excluding hydrogens is 282 g/mol.